The SMILES string of the molecule is Cc1ccc(NC(=O)CN(C)C(=O)CN2CCCC2c2ccccc2)cc1. The van der Waals surface area contributed by atoms with E-state index in [9.17, 15) is 9.59 Å². The fraction of sp³-hybridized carbons (Fsp3) is 0.364. The highest BCUT2D eigenvalue weighted by Crippen LogP contribution is 2.31. The van der Waals surface area contributed by atoms with E-state index in [2.05, 4.69) is 22.3 Å². The molecule has 0 radical (unpaired) electrons. The average Bonchev–Trinajstić information content (AvgIpc) is 3.12. The van der Waals surface area contributed by atoms with Crippen molar-refractivity contribution in [1.82, 2.24) is 9.80 Å². The predicted molar refractivity (Wildman–Crippen MR) is 107 cm³/mol. The van der Waals surface area contributed by atoms with E-state index in [1.165, 1.54) is 10.5 Å². The quantitative estimate of drug-likeness (QED) is 0.855. The van der Waals surface area contributed by atoms with Gasteiger partial charge < -0.3 is 10.2 Å². The lowest BCUT2D eigenvalue weighted by Crippen LogP contribution is -2.41. The number of nitrogens with zero attached hydrogens (tertiary/aromatic N) is 2. The van der Waals surface area contributed by atoms with E-state index < -0.39 is 0 Å². The Bertz CT molecular complexity index is 774. The first-order valence-electron chi connectivity index (χ1n) is 9.42. The summed E-state index contributed by atoms with van der Waals surface area (Å²) >= 11 is 0. The summed E-state index contributed by atoms with van der Waals surface area (Å²) in [5.74, 6) is -0.215. The molecule has 2 aromatic carbocycles. The molecule has 5 nitrogen and oxygen atoms in total. The van der Waals surface area contributed by atoms with Gasteiger partial charge in [0.25, 0.3) is 0 Å². The van der Waals surface area contributed by atoms with E-state index in [-0.39, 0.29) is 24.4 Å². The first-order chi connectivity index (χ1) is 13.0. The van der Waals surface area contributed by atoms with Gasteiger partial charge in [0.2, 0.25) is 11.8 Å². The maximum Gasteiger partial charge on any atom is 0.243 e. The summed E-state index contributed by atoms with van der Waals surface area (Å²) in [5, 5.41) is 2.84. The Morgan fingerprint density at radius 1 is 1.11 bits per heavy atom. The maximum absolute atomic E-state index is 12.6. The van der Waals surface area contributed by atoms with E-state index >= 15 is 0 Å². The van der Waals surface area contributed by atoms with E-state index in [0.717, 1.165) is 30.6 Å². The van der Waals surface area contributed by atoms with E-state index in [1.807, 2.05) is 49.4 Å². The molecular weight excluding hydrogens is 338 g/mol. The van der Waals surface area contributed by atoms with E-state index in [4.69, 9.17) is 0 Å². The zero-order valence-corrected chi connectivity index (χ0v) is 16.0. The highest BCUT2D eigenvalue weighted by atomic mass is 16.2. The summed E-state index contributed by atoms with van der Waals surface area (Å²) < 4.78 is 0. The predicted octanol–water partition coefficient (Wildman–Crippen LogP) is 3.23. The van der Waals surface area contributed by atoms with Crippen LogP contribution in [-0.2, 0) is 9.59 Å². The monoisotopic (exact) mass is 365 g/mol. The lowest BCUT2D eigenvalue weighted by atomic mass is 10.0. The molecule has 0 aliphatic carbocycles. The molecular formula is C22H27N3O2. The summed E-state index contributed by atoms with van der Waals surface area (Å²) in [4.78, 5) is 28.5. The summed E-state index contributed by atoms with van der Waals surface area (Å²) in [6, 6.07) is 18.2. The van der Waals surface area contributed by atoms with Crippen molar-refractivity contribution in [1.29, 1.82) is 0 Å². The lowest BCUT2D eigenvalue weighted by molar-refractivity contribution is -0.134. The number of carbonyl (C=O) groups is 2. The minimum absolute atomic E-state index is 0.0307. The number of likely N-dealkylation sites (N-methyl/N-ethyl adjacent to an activating group) is 1. The number of anilines is 1. The zero-order chi connectivity index (χ0) is 19.2. The van der Waals surface area contributed by atoms with Crippen LogP contribution in [0.5, 0.6) is 0 Å². The van der Waals surface area contributed by atoms with Crippen LogP contribution in [0.4, 0.5) is 5.69 Å². The van der Waals surface area contributed by atoms with Crippen LogP contribution in [0.3, 0.4) is 0 Å². The van der Waals surface area contributed by atoms with Crippen molar-refractivity contribution in [3.05, 3.63) is 65.7 Å². The summed E-state index contributed by atoms with van der Waals surface area (Å²) in [7, 11) is 1.69. The Labute approximate surface area is 161 Å². The smallest absolute Gasteiger partial charge is 0.243 e. The molecule has 2 amide bonds. The molecule has 142 valence electrons. The molecule has 3 rings (SSSR count). The third-order valence-corrected chi connectivity index (χ3v) is 5.03. The molecule has 0 aromatic heterocycles. The third kappa shape index (κ3) is 5.17. The molecule has 1 heterocycles. The Morgan fingerprint density at radius 3 is 2.52 bits per heavy atom. The molecule has 2 aromatic rings. The second-order valence-corrected chi connectivity index (χ2v) is 7.20. The summed E-state index contributed by atoms with van der Waals surface area (Å²) in [6.07, 6.45) is 2.15. The summed E-state index contributed by atoms with van der Waals surface area (Å²) in [6.45, 7) is 3.30. The van der Waals surface area contributed by atoms with Crippen molar-refractivity contribution >= 4 is 17.5 Å². The van der Waals surface area contributed by atoms with Gasteiger partial charge >= 0.3 is 0 Å². The largest absolute Gasteiger partial charge is 0.335 e. The van der Waals surface area contributed by atoms with Crippen LogP contribution in [0, 0.1) is 6.92 Å². The Hall–Kier alpha value is -2.66. The molecule has 27 heavy (non-hydrogen) atoms. The zero-order valence-electron chi connectivity index (χ0n) is 16.0. The van der Waals surface area contributed by atoms with Gasteiger partial charge in [-0.3, -0.25) is 14.5 Å². The van der Waals surface area contributed by atoms with Gasteiger partial charge in [-0.2, -0.15) is 0 Å². The Morgan fingerprint density at radius 2 is 1.81 bits per heavy atom. The molecule has 0 spiro atoms. The molecule has 5 heteroatoms. The van der Waals surface area contributed by atoms with E-state index in [0.29, 0.717) is 6.54 Å². The van der Waals surface area contributed by atoms with Crippen LogP contribution >= 0.6 is 0 Å². The van der Waals surface area contributed by atoms with Gasteiger partial charge in [0.15, 0.2) is 0 Å². The molecule has 1 unspecified atom stereocenters. The number of hydrogen-bond acceptors (Lipinski definition) is 3. The van der Waals surface area contributed by atoms with Crippen molar-refractivity contribution < 1.29 is 9.59 Å². The van der Waals surface area contributed by atoms with Crippen molar-refractivity contribution in [3.63, 3.8) is 0 Å². The van der Waals surface area contributed by atoms with Gasteiger partial charge in [-0.1, -0.05) is 48.0 Å². The number of nitrogens with one attached hydrogen (secondary N) is 1. The standard InChI is InChI=1S/C22H27N3O2/c1-17-10-12-19(13-11-17)23-21(26)15-24(2)22(27)16-25-14-6-9-20(25)18-7-4-3-5-8-18/h3-5,7-8,10-13,20H,6,9,14-16H2,1-2H3,(H,23,26). The molecule has 1 fully saturated rings. The normalized spacial score (nSPS) is 16.9. The van der Waals surface area contributed by atoms with Gasteiger partial charge in [0.1, 0.15) is 0 Å². The third-order valence-electron chi connectivity index (χ3n) is 5.03. The maximum atomic E-state index is 12.6. The molecule has 1 atom stereocenters. The van der Waals surface area contributed by atoms with Gasteiger partial charge in [0, 0.05) is 18.8 Å². The summed E-state index contributed by atoms with van der Waals surface area (Å²) in [5.41, 5.74) is 3.14. The Balaban J connectivity index is 1.52. The molecule has 1 saturated heterocycles. The Kier molecular flexibility index (Phi) is 6.24. The van der Waals surface area contributed by atoms with Crippen LogP contribution < -0.4 is 5.32 Å². The lowest BCUT2D eigenvalue weighted by Gasteiger charge is -2.26. The number of carbonyl (C=O) groups excluding carboxylic acids is 2. The van der Waals surface area contributed by atoms with Gasteiger partial charge in [0.05, 0.1) is 13.1 Å². The second-order valence-electron chi connectivity index (χ2n) is 7.20. The number of rotatable bonds is 6. The van der Waals surface area contributed by atoms with Crippen molar-refractivity contribution in [2.75, 3.05) is 32.0 Å². The first-order valence-corrected chi connectivity index (χ1v) is 9.42. The highest BCUT2D eigenvalue weighted by Gasteiger charge is 2.28. The fourth-order valence-electron chi connectivity index (χ4n) is 3.50. The van der Waals surface area contributed by atoms with E-state index in [1.54, 1.807) is 7.05 Å². The van der Waals surface area contributed by atoms with Crippen LogP contribution in [0.15, 0.2) is 54.6 Å². The molecule has 1 aliphatic heterocycles. The van der Waals surface area contributed by atoms with Crippen molar-refractivity contribution in [2.45, 2.75) is 25.8 Å². The number of aryl methyl sites for hydroxylation is 1. The molecule has 1 N–H and O–H groups in total. The van der Waals surface area contributed by atoms with Crippen LogP contribution in [0.25, 0.3) is 0 Å². The average molecular weight is 365 g/mol. The van der Waals surface area contributed by atoms with Gasteiger partial charge in [-0.25, -0.2) is 0 Å². The second kappa shape index (κ2) is 8.82. The minimum Gasteiger partial charge on any atom is -0.335 e. The van der Waals surface area contributed by atoms with Gasteiger partial charge in [-0.05, 0) is 44.0 Å². The number of amides is 2. The van der Waals surface area contributed by atoms with Gasteiger partial charge in [-0.15, -0.1) is 0 Å². The van der Waals surface area contributed by atoms with Crippen LogP contribution in [0.1, 0.15) is 30.0 Å². The number of benzene rings is 2. The minimum atomic E-state index is -0.185. The van der Waals surface area contributed by atoms with Crippen LogP contribution in [-0.4, -0.2) is 48.3 Å². The number of hydrogen-bond donors (Lipinski definition) is 1. The van der Waals surface area contributed by atoms with Crippen molar-refractivity contribution in [3.8, 4) is 0 Å². The molecule has 0 bridgehead atoms. The van der Waals surface area contributed by atoms with Crippen LogP contribution in [0.2, 0.25) is 0 Å². The number of likely N-dealkylation sites (tertiary alicyclic amines) is 1. The highest BCUT2D eigenvalue weighted by molar-refractivity contribution is 5.94. The molecule has 1 aliphatic rings. The first kappa shape index (κ1) is 19.1. The molecule has 0 saturated carbocycles. The van der Waals surface area contributed by atoms with Crippen molar-refractivity contribution in [2.24, 2.45) is 0 Å². The topological polar surface area (TPSA) is 52.7 Å². The fourth-order valence-corrected chi connectivity index (χ4v) is 3.50.